The molecular formula is C15H14ClNO2. The molecule has 2 aromatic carbocycles. The fourth-order valence-corrected chi connectivity index (χ4v) is 1.99. The third-order valence-corrected chi connectivity index (χ3v) is 2.98. The van der Waals surface area contributed by atoms with Crippen LogP contribution in [0.1, 0.15) is 28.9 Å². The van der Waals surface area contributed by atoms with Crippen LogP contribution in [-0.2, 0) is 0 Å². The molecule has 0 aliphatic carbocycles. The quantitative estimate of drug-likeness (QED) is 0.898. The Bertz CT molecular complexity index is 596. The summed E-state index contributed by atoms with van der Waals surface area (Å²) in [6, 6.07) is 13.9. The number of para-hydroxylation sites is 1. The van der Waals surface area contributed by atoms with Crippen LogP contribution >= 0.6 is 11.6 Å². The van der Waals surface area contributed by atoms with Gasteiger partial charge in [-0.05, 0) is 31.2 Å². The third-order valence-electron chi connectivity index (χ3n) is 2.75. The van der Waals surface area contributed by atoms with Crippen molar-refractivity contribution in [1.82, 2.24) is 0 Å². The van der Waals surface area contributed by atoms with E-state index in [1.165, 1.54) is 0 Å². The molecule has 0 radical (unpaired) electrons. The van der Waals surface area contributed by atoms with E-state index in [2.05, 4.69) is 5.32 Å². The molecule has 2 rings (SSSR count). The van der Waals surface area contributed by atoms with E-state index in [4.69, 9.17) is 11.6 Å². The summed E-state index contributed by atoms with van der Waals surface area (Å²) < 4.78 is 0. The van der Waals surface area contributed by atoms with Gasteiger partial charge in [0.05, 0.1) is 6.10 Å². The maximum absolute atomic E-state index is 12.1. The molecule has 0 aromatic heterocycles. The minimum atomic E-state index is -0.643. The van der Waals surface area contributed by atoms with Crippen LogP contribution in [0.15, 0.2) is 48.5 Å². The van der Waals surface area contributed by atoms with Crippen molar-refractivity contribution >= 4 is 23.2 Å². The highest BCUT2D eigenvalue weighted by Gasteiger charge is 2.11. The Labute approximate surface area is 116 Å². The predicted octanol–water partition coefficient (Wildman–Crippen LogP) is 3.65. The van der Waals surface area contributed by atoms with Gasteiger partial charge in [0.25, 0.3) is 5.91 Å². The van der Waals surface area contributed by atoms with Gasteiger partial charge in [-0.2, -0.15) is 0 Å². The average molecular weight is 276 g/mol. The molecule has 0 bridgehead atoms. The summed E-state index contributed by atoms with van der Waals surface area (Å²) in [5.41, 5.74) is 1.76. The maximum atomic E-state index is 12.1. The van der Waals surface area contributed by atoms with Crippen LogP contribution in [0.3, 0.4) is 0 Å². The van der Waals surface area contributed by atoms with Crippen molar-refractivity contribution in [2.24, 2.45) is 0 Å². The number of amides is 1. The summed E-state index contributed by atoms with van der Waals surface area (Å²) in [4.78, 5) is 12.1. The summed E-state index contributed by atoms with van der Waals surface area (Å²) in [6.45, 7) is 1.66. The molecule has 0 aliphatic rings. The zero-order valence-corrected chi connectivity index (χ0v) is 11.2. The number of hydrogen-bond donors (Lipinski definition) is 2. The van der Waals surface area contributed by atoms with Crippen molar-refractivity contribution in [1.29, 1.82) is 0 Å². The molecule has 1 amide bonds. The van der Waals surface area contributed by atoms with Crippen LogP contribution in [0.2, 0.25) is 5.02 Å². The first kappa shape index (κ1) is 13.6. The molecule has 0 spiro atoms. The highest BCUT2D eigenvalue weighted by atomic mass is 35.5. The lowest BCUT2D eigenvalue weighted by Crippen LogP contribution is -2.13. The molecule has 0 saturated heterocycles. The molecule has 4 heteroatoms. The highest BCUT2D eigenvalue weighted by molar-refractivity contribution is 6.31. The first-order chi connectivity index (χ1) is 9.08. The van der Waals surface area contributed by atoms with E-state index in [0.29, 0.717) is 21.8 Å². The van der Waals surface area contributed by atoms with Gasteiger partial charge in [0.1, 0.15) is 0 Å². The summed E-state index contributed by atoms with van der Waals surface area (Å²) in [5.74, 6) is -0.254. The van der Waals surface area contributed by atoms with Crippen LogP contribution in [0.5, 0.6) is 0 Å². The molecule has 0 fully saturated rings. The first-order valence-corrected chi connectivity index (χ1v) is 6.29. The van der Waals surface area contributed by atoms with E-state index in [-0.39, 0.29) is 5.91 Å². The molecule has 0 aliphatic heterocycles. The lowest BCUT2D eigenvalue weighted by molar-refractivity contribution is 0.102. The van der Waals surface area contributed by atoms with E-state index >= 15 is 0 Å². The van der Waals surface area contributed by atoms with Crippen LogP contribution in [-0.4, -0.2) is 11.0 Å². The second kappa shape index (κ2) is 5.87. The minimum Gasteiger partial charge on any atom is -0.389 e. The van der Waals surface area contributed by atoms with Gasteiger partial charge in [-0.15, -0.1) is 0 Å². The standard InChI is InChI=1S/C15H14ClNO2/c1-10(18)13-7-2-3-8-14(13)17-15(19)11-5-4-6-12(16)9-11/h2-10,18H,1H3,(H,17,19). The zero-order valence-electron chi connectivity index (χ0n) is 10.4. The normalized spacial score (nSPS) is 11.9. The molecule has 0 heterocycles. The Kier molecular flexibility index (Phi) is 4.20. The Morgan fingerprint density at radius 2 is 1.95 bits per heavy atom. The largest absolute Gasteiger partial charge is 0.389 e. The summed E-state index contributed by atoms with van der Waals surface area (Å²) in [7, 11) is 0. The van der Waals surface area contributed by atoms with E-state index in [0.717, 1.165) is 0 Å². The SMILES string of the molecule is CC(O)c1ccccc1NC(=O)c1cccc(Cl)c1. The number of aliphatic hydroxyl groups excluding tert-OH is 1. The summed E-state index contributed by atoms with van der Waals surface area (Å²) in [5, 5.41) is 12.9. The molecule has 0 saturated carbocycles. The van der Waals surface area contributed by atoms with Gasteiger partial charge in [-0.1, -0.05) is 35.9 Å². The molecule has 19 heavy (non-hydrogen) atoms. The number of hydrogen-bond acceptors (Lipinski definition) is 2. The van der Waals surface area contributed by atoms with E-state index in [1.807, 2.05) is 6.07 Å². The van der Waals surface area contributed by atoms with Gasteiger partial charge < -0.3 is 10.4 Å². The van der Waals surface area contributed by atoms with E-state index < -0.39 is 6.10 Å². The van der Waals surface area contributed by atoms with Crippen molar-refractivity contribution in [3.05, 3.63) is 64.7 Å². The van der Waals surface area contributed by atoms with Gasteiger partial charge >= 0.3 is 0 Å². The second-order valence-corrected chi connectivity index (χ2v) is 4.66. The van der Waals surface area contributed by atoms with Crippen molar-refractivity contribution in [2.45, 2.75) is 13.0 Å². The van der Waals surface area contributed by atoms with E-state index in [9.17, 15) is 9.90 Å². The van der Waals surface area contributed by atoms with Gasteiger partial charge in [0.2, 0.25) is 0 Å². The fourth-order valence-electron chi connectivity index (χ4n) is 1.80. The number of halogens is 1. The fraction of sp³-hybridized carbons (Fsp3) is 0.133. The van der Waals surface area contributed by atoms with Crippen molar-refractivity contribution in [3.63, 3.8) is 0 Å². The molecule has 98 valence electrons. The number of benzene rings is 2. The predicted molar refractivity (Wildman–Crippen MR) is 76.5 cm³/mol. The number of rotatable bonds is 3. The molecule has 3 nitrogen and oxygen atoms in total. The maximum Gasteiger partial charge on any atom is 0.255 e. The van der Waals surface area contributed by atoms with Crippen LogP contribution in [0.4, 0.5) is 5.69 Å². The Balaban J connectivity index is 2.24. The Hall–Kier alpha value is -1.84. The molecule has 1 unspecified atom stereocenters. The van der Waals surface area contributed by atoms with Gasteiger partial charge in [0, 0.05) is 21.8 Å². The van der Waals surface area contributed by atoms with Crippen molar-refractivity contribution in [3.8, 4) is 0 Å². The van der Waals surface area contributed by atoms with Gasteiger partial charge in [-0.3, -0.25) is 4.79 Å². The summed E-state index contributed by atoms with van der Waals surface area (Å²) >= 11 is 5.85. The van der Waals surface area contributed by atoms with Crippen LogP contribution in [0, 0.1) is 0 Å². The van der Waals surface area contributed by atoms with Crippen molar-refractivity contribution in [2.75, 3.05) is 5.32 Å². The smallest absolute Gasteiger partial charge is 0.255 e. The van der Waals surface area contributed by atoms with Crippen LogP contribution in [0.25, 0.3) is 0 Å². The number of aliphatic hydroxyl groups is 1. The second-order valence-electron chi connectivity index (χ2n) is 4.23. The number of nitrogens with one attached hydrogen (secondary N) is 1. The van der Waals surface area contributed by atoms with Crippen LogP contribution < -0.4 is 5.32 Å². The van der Waals surface area contributed by atoms with Gasteiger partial charge in [0.15, 0.2) is 0 Å². The summed E-state index contributed by atoms with van der Waals surface area (Å²) in [6.07, 6.45) is -0.643. The van der Waals surface area contributed by atoms with Gasteiger partial charge in [-0.25, -0.2) is 0 Å². The molecule has 2 N–H and O–H groups in total. The lowest BCUT2D eigenvalue weighted by atomic mass is 10.1. The van der Waals surface area contributed by atoms with Crippen molar-refractivity contribution < 1.29 is 9.90 Å². The average Bonchev–Trinajstić information content (AvgIpc) is 2.39. The first-order valence-electron chi connectivity index (χ1n) is 5.92. The number of carbonyl (C=O) groups excluding carboxylic acids is 1. The third kappa shape index (κ3) is 3.34. The topological polar surface area (TPSA) is 49.3 Å². The lowest BCUT2D eigenvalue weighted by Gasteiger charge is -2.13. The zero-order chi connectivity index (χ0) is 13.8. The number of anilines is 1. The highest BCUT2D eigenvalue weighted by Crippen LogP contribution is 2.23. The Morgan fingerprint density at radius 3 is 2.63 bits per heavy atom. The monoisotopic (exact) mass is 275 g/mol. The Morgan fingerprint density at radius 1 is 1.21 bits per heavy atom. The molecule has 1 atom stereocenters. The minimum absolute atomic E-state index is 0.254. The number of carbonyl (C=O) groups is 1. The van der Waals surface area contributed by atoms with E-state index in [1.54, 1.807) is 49.4 Å². The molecule has 2 aromatic rings. The molecular weight excluding hydrogens is 262 g/mol.